The Bertz CT molecular complexity index is 778. The first-order chi connectivity index (χ1) is 12.4. The molecule has 2 heterocycles. The highest BCUT2D eigenvalue weighted by molar-refractivity contribution is 6.08. The fourth-order valence-electron chi connectivity index (χ4n) is 3.19. The van der Waals surface area contributed by atoms with E-state index in [0.29, 0.717) is 23.5 Å². The van der Waals surface area contributed by atoms with Gasteiger partial charge >= 0.3 is 6.03 Å². The van der Waals surface area contributed by atoms with Crippen LogP contribution in [0.3, 0.4) is 0 Å². The minimum Gasteiger partial charge on any atom is -0.322 e. The van der Waals surface area contributed by atoms with Gasteiger partial charge in [-0.25, -0.2) is 4.79 Å². The van der Waals surface area contributed by atoms with Crippen molar-refractivity contribution < 1.29 is 19.2 Å². The number of amides is 5. The van der Waals surface area contributed by atoms with E-state index in [9.17, 15) is 19.2 Å². The standard InChI is InChI=1S/C18H22N4O4/c1-3-18(2)16(25)22(17(26)19-18)20-14(23)11-21-13-9-5-4-7-12(13)8-6-10-15(21)24/h4-5,7,9H,3,6,8,10-11H2,1-2H3,(H,19,26)(H,20,23). The van der Waals surface area contributed by atoms with Crippen LogP contribution in [0.1, 0.15) is 38.7 Å². The third-order valence-electron chi connectivity index (χ3n) is 4.93. The molecule has 2 aliphatic rings. The Morgan fingerprint density at radius 1 is 1.23 bits per heavy atom. The van der Waals surface area contributed by atoms with Crippen LogP contribution < -0.4 is 15.6 Å². The molecule has 1 saturated heterocycles. The van der Waals surface area contributed by atoms with E-state index in [0.717, 1.165) is 18.4 Å². The number of imide groups is 1. The van der Waals surface area contributed by atoms with Gasteiger partial charge in [-0.15, -0.1) is 0 Å². The van der Waals surface area contributed by atoms with E-state index in [1.807, 2.05) is 18.2 Å². The lowest BCUT2D eigenvalue weighted by Crippen LogP contribution is -2.51. The van der Waals surface area contributed by atoms with Crippen molar-refractivity contribution in [1.29, 1.82) is 0 Å². The van der Waals surface area contributed by atoms with Crippen LogP contribution in [0, 0.1) is 0 Å². The van der Waals surface area contributed by atoms with Crippen molar-refractivity contribution in [2.75, 3.05) is 11.4 Å². The molecule has 2 N–H and O–H groups in total. The van der Waals surface area contributed by atoms with E-state index in [4.69, 9.17) is 0 Å². The first-order valence-corrected chi connectivity index (χ1v) is 8.70. The predicted octanol–water partition coefficient (Wildman–Crippen LogP) is 1.11. The quantitative estimate of drug-likeness (QED) is 0.788. The number of rotatable bonds is 4. The Balaban J connectivity index is 1.75. The molecule has 0 aromatic heterocycles. The minimum atomic E-state index is -1.03. The fourth-order valence-corrected chi connectivity index (χ4v) is 3.19. The van der Waals surface area contributed by atoms with Crippen molar-refractivity contribution in [1.82, 2.24) is 15.8 Å². The Hall–Kier alpha value is -2.90. The van der Waals surface area contributed by atoms with Gasteiger partial charge in [0.1, 0.15) is 12.1 Å². The second-order valence-corrected chi connectivity index (χ2v) is 6.75. The summed E-state index contributed by atoms with van der Waals surface area (Å²) in [5.41, 5.74) is 2.99. The summed E-state index contributed by atoms with van der Waals surface area (Å²) in [4.78, 5) is 50.6. The highest BCUT2D eigenvalue weighted by Crippen LogP contribution is 2.26. The van der Waals surface area contributed by atoms with Crippen molar-refractivity contribution in [2.24, 2.45) is 0 Å². The zero-order chi connectivity index (χ0) is 18.9. The van der Waals surface area contributed by atoms with Crippen LogP contribution in [-0.2, 0) is 20.8 Å². The van der Waals surface area contributed by atoms with Crippen molar-refractivity contribution in [3.05, 3.63) is 29.8 Å². The van der Waals surface area contributed by atoms with Gasteiger partial charge in [0.2, 0.25) is 5.91 Å². The van der Waals surface area contributed by atoms with E-state index in [1.54, 1.807) is 19.9 Å². The molecule has 138 valence electrons. The minimum absolute atomic E-state index is 0.152. The molecule has 2 aliphatic heterocycles. The average molecular weight is 358 g/mol. The van der Waals surface area contributed by atoms with Gasteiger partial charge in [-0.1, -0.05) is 25.1 Å². The van der Waals surface area contributed by atoms with Crippen LogP contribution in [-0.4, -0.2) is 40.8 Å². The van der Waals surface area contributed by atoms with Crippen LogP contribution in [0.4, 0.5) is 10.5 Å². The first-order valence-electron chi connectivity index (χ1n) is 8.70. The topological polar surface area (TPSA) is 98.8 Å². The Morgan fingerprint density at radius 3 is 2.65 bits per heavy atom. The second kappa shape index (κ2) is 6.78. The average Bonchev–Trinajstić information content (AvgIpc) is 2.74. The number of carbonyl (C=O) groups excluding carboxylic acids is 4. The number of hydrogen-bond donors (Lipinski definition) is 2. The summed E-state index contributed by atoms with van der Waals surface area (Å²) in [7, 11) is 0. The maximum atomic E-state index is 12.4. The normalized spacial score (nSPS) is 22.8. The smallest absolute Gasteiger partial charge is 0.322 e. The van der Waals surface area contributed by atoms with Gasteiger partial charge in [-0.2, -0.15) is 5.01 Å². The number of fused-ring (bicyclic) bond motifs is 1. The highest BCUT2D eigenvalue weighted by Gasteiger charge is 2.47. The number of aryl methyl sites for hydroxylation is 1. The molecular formula is C18H22N4O4. The molecule has 8 nitrogen and oxygen atoms in total. The molecule has 0 aliphatic carbocycles. The van der Waals surface area contributed by atoms with Crippen LogP contribution >= 0.6 is 0 Å². The van der Waals surface area contributed by atoms with Crippen molar-refractivity contribution in [3.8, 4) is 0 Å². The number of benzene rings is 1. The third kappa shape index (κ3) is 3.14. The van der Waals surface area contributed by atoms with Crippen molar-refractivity contribution in [2.45, 2.75) is 45.1 Å². The number of hydrogen-bond acceptors (Lipinski definition) is 4. The molecular weight excluding hydrogens is 336 g/mol. The number of urea groups is 1. The van der Waals surface area contributed by atoms with Crippen molar-refractivity contribution in [3.63, 3.8) is 0 Å². The van der Waals surface area contributed by atoms with Crippen LogP contribution in [0.5, 0.6) is 0 Å². The van der Waals surface area contributed by atoms with E-state index in [2.05, 4.69) is 10.7 Å². The van der Waals surface area contributed by atoms with Gasteiger partial charge in [-0.05, 0) is 37.8 Å². The van der Waals surface area contributed by atoms with Crippen LogP contribution in [0.15, 0.2) is 24.3 Å². The Kier molecular flexibility index (Phi) is 4.67. The monoisotopic (exact) mass is 358 g/mol. The number of carbonyl (C=O) groups is 4. The van der Waals surface area contributed by atoms with E-state index in [-0.39, 0.29) is 12.5 Å². The molecule has 1 atom stereocenters. The largest absolute Gasteiger partial charge is 0.344 e. The number of nitrogens with zero attached hydrogens (tertiary/aromatic N) is 2. The summed E-state index contributed by atoms with van der Waals surface area (Å²) >= 11 is 0. The molecule has 0 spiro atoms. The maximum absolute atomic E-state index is 12.4. The van der Waals surface area contributed by atoms with Gasteiger partial charge in [0.15, 0.2) is 0 Å². The SMILES string of the molecule is CCC1(C)NC(=O)N(NC(=O)CN2C(=O)CCCc3ccccc32)C1=O. The molecule has 1 aromatic carbocycles. The highest BCUT2D eigenvalue weighted by atomic mass is 16.2. The fraction of sp³-hybridized carbons (Fsp3) is 0.444. The summed E-state index contributed by atoms with van der Waals surface area (Å²) in [6.45, 7) is 3.13. The zero-order valence-electron chi connectivity index (χ0n) is 14.9. The molecule has 8 heteroatoms. The van der Waals surface area contributed by atoms with Gasteiger partial charge in [0, 0.05) is 12.1 Å². The maximum Gasteiger partial charge on any atom is 0.344 e. The van der Waals surface area contributed by atoms with E-state index < -0.39 is 23.4 Å². The van der Waals surface area contributed by atoms with E-state index in [1.165, 1.54) is 4.90 Å². The summed E-state index contributed by atoms with van der Waals surface area (Å²) in [5.74, 6) is -1.26. The molecule has 0 radical (unpaired) electrons. The lowest BCUT2D eigenvalue weighted by Gasteiger charge is -2.24. The molecule has 5 amide bonds. The summed E-state index contributed by atoms with van der Waals surface area (Å²) in [6, 6.07) is 6.77. The Morgan fingerprint density at radius 2 is 1.96 bits per heavy atom. The number of para-hydroxylation sites is 1. The molecule has 1 aromatic rings. The van der Waals surface area contributed by atoms with E-state index >= 15 is 0 Å². The second-order valence-electron chi connectivity index (χ2n) is 6.75. The molecule has 1 fully saturated rings. The number of anilines is 1. The molecule has 1 unspecified atom stereocenters. The molecule has 0 saturated carbocycles. The lowest BCUT2D eigenvalue weighted by atomic mass is 10.00. The van der Waals surface area contributed by atoms with Crippen LogP contribution in [0.25, 0.3) is 0 Å². The zero-order valence-corrected chi connectivity index (χ0v) is 14.9. The van der Waals surface area contributed by atoms with Gasteiger partial charge in [-0.3, -0.25) is 19.8 Å². The first kappa shape index (κ1) is 17.9. The summed E-state index contributed by atoms with van der Waals surface area (Å²) < 4.78 is 0. The van der Waals surface area contributed by atoms with Gasteiger partial charge in [0.05, 0.1) is 0 Å². The summed E-state index contributed by atoms with van der Waals surface area (Å²) in [6.07, 6.45) is 2.23. The number of nitrogens with one attached hydrogen (secondary N) is 2. The molecule has 3 rings (SSSR count). The summed E-state index contributed by atoms with van der Waals surface area (Å²) in [5, 5.41) is 3.26. The van der Waals surface area contributed by atoms with Crippen LogP contribution in [0.2, 0.25) is 0 Å². The molecule has 26 heavy (non-hydrogen) atoms. The van der Waals surface area contributed by atoms with Gasteiger partial charge in [0.25, 0.3) is 11.8 Å². The predicted molar refractivity (Wildman–Crippen MR) is 93.9 cm³/mol. The third-order valence-corrected chi connectivity index (χ3v) is 4.93. The van der Waals surface area contributed by atoms with Crippen molar-refractivity contribution >= 4 is 29.4 Å². The van der Waals surface area contributed by atoms with Gasteiger partial charge < -0.3 is 10.2 Å². The molecule has 0 bridgehead atoms. The Labute approximate surface area is 151 Å². The number of hydrazine groups is 1. The lowest BCUT2D eigenvalue weighted by molar-refractivity contribution is -0.138.